The molecular formula is C15H13N3O2S. The summed E-state index contributed by atoms with van der Waals surface area (Å²) in [5, 5.41) is 2.88. The number of nitrogens with zero attached hydrogens (tertiary/aromatic N) is 2. The van der Waals surface area contributed by atoms with E-state index >= 15 is 0 Å². The summed E-state index contributed by atoms with van der Waals surface area (Å²) in [6.07, 6.45) is 6.79. The molecule has 0 fully saturated rings. The smallest absolute Gasteiger partial charge is 0.263 e. The summed E-state index contributed by atoms with van der Waals surface area (Å²) >= 11 is 1.34. The molecule has 0 atom stereocenters. The van der Waals surface area contributed by atoms with Gasteiger partial charge in [0.15, 0.2) is 0 Å². The number of amides is 1. The van der Waals surface area contributed by atoms with Crippen molar-refractivity contribution in [2.45, 2.75) is 13.5 Å². The molecule has 106 valence electrons. The Hall–Kier alpha value is -2.47. The Labute approximate surface area is 125 Å². The normalized spacial score (nSPS) is 10.5. The highest BCUT2D eigenvalue weighted by atomic mass is 32.1. The Kier molecular flexibility index (Phi) is 3.79. The zero-order valence-electron chi connectivity index (χ0n) is 11.4. The van der Waals surface area contributed by atoms with Crippen molar-refractivity contribution in [3.8, 4) is 11.1 Å². The molecule has 3 aromatic rings. The molecule has 0 aliphatic heterocycles. The molecule has 0 saturated carbocycles. The molecule has 0 aromatic carbocycles. The quantitative estimate of drug-likeness (QED) is 0.804. The van der Waals surface area contributed by atoms with Crippen LogP contribution in [0.3, 0.4) is 0 Å². The standard InChI is InChI=1S/C15H13N3O2S/c1-10-14(21-9-18-10)15(19)17-6-11-4-13(7-16-5-11)12-2-3-20-8-12/h2-5,7-9H,6H2,1H3,(H,17,19). The van der Waals surface area contributed by atoms with Crippen LogP contribution < -0.4 is 5.32 Å². The van der Waals surface area contributed by atoms with E-state index in [9.17, 15) is 4.79 Å². The highest BCUT2D eigenvalue weighted by Gasteiger charge is 2.11. The third-order valence-corrected chi connectivity index (χ3v) is 3.98. The number of carbonyl (C=O) groups is 1. The first-order valence-corrected chi connectivity index (χ1v) is 7.27. The molecule has 0 radical (unpaired) electrons. The molecule has 1 amide bonds. The number of pyridine rings is 1. The Morgan fingerprint density at radius 1 is 1.38 bits per heavy atom. The predicted molar refractivity (Wildman–Crippen MR) is 80.0 cm³/mol. The van der Waals surface area contributed by atoms with Crippen molar-refractivity contribution >= 4 is 17.2 Å². The van der Waals surface area contributed by atoms with E-state index in [4.69, 9.17) is 4.42 Å². The van der Waals surface area contributed by atoms with Gasteiger partial charge in [-0.25, -0.2) is 4.98 Å². The minimum atomic E-state index is -0.108. The van der Waals surface area contributed by atoms with Gasteiger partial charge in [0.2, 0.25) is 0 Å². The Balaban J connectivity index is 1.70. The Bertz CT molecular complexity index is 750. The highest BCUT2D eigenvalue weighted by Crippen LogP contribution is 2.19. The van der Waals surface area contributed by atoms with Crippen LogP contribution in [0.4, 0.5) is 0 Å². The van der Waals surface area contributed by atoms with Crippen LogP contribution >= 0.6 is 11.3 Å². The molecule has 1 N–H and O–H groups in total. The number of hydrogen-bond donors (Lipinski definition) is 1. The van der Waals surface area contributed by atoms with E-state index in [1.54, 1.807) is 30.4 Å². The highest BCUT2D eigenvalue weighted by molar-refractivity contribution is 7.11. The number of aryl methyl sites for hydroxylation is 1. The van der Waals surface area contributed by atoms with Gasteiger partial charge >= 0.3 is 0 Å². The Morgan fingerprint density at radius 2 is 2.29 bits per heavy atom. The lowest BCUT2D eigenvalue weighted by Crippen LogP contribution is -2.22. The van der Waals surface area contributed by atoms with Gasteiger partial charge < -0.3 is 9.73 Å². The summed E-state index contributed by atoms with van der Waals surface area (Å²) in [4.78, 5) is 21.0. The summed E-state index contributed by atoms with van der Waals surface area (Å²) in [5.41, 5.74) is 5.29. The molecule has 21 heavy (non-hydrogen) atoms. The van der Waals surface area contributed by atoms with Crippen LogP contribution in [0.5, 0.6) is 0 Å². The summed E-state index contributed by atoms with van der Waals surface area (Å²) in [6, 6.07) is 3.86. The van der Waals surface area contributed by atoms with E-state index in [1.165, 1.54) is 11.3 Å². The summed E-state index contributed by atoms with van der Waals surface area (Å²) in [6.45, 7) is 2.25. The van der Waals surface area contributed by atoms with Gasteiger partial charge in [0.1, 0.15) is 4.88 Å². The van der Waals surface area contributed by atoms with Crippen molar-refractivity contribution in [1.82, 2.24) is 15.3 Å². The lowest BCUT2D eigenvalue weighted by Gasteiger charge is -2.05. The van der Waals surface area contributed by atoms with Crippen LogP contribution in [0.25, 0.3) is 11.1 Å². The topological polar surface area (TPSA) is 68.0 Å². The van der Waals surface area contributed by atoms with Crippen LogP contribution in [0.2, 0.25) is 0 Å². The van der Waals surface area contributed by atoms with Crippen molar-refractivity contribution in [1.29, 1.82) is 0 Å². The second kappa shape index (κ2) is 5.88. The number of nitrogens with one attached hydrogen (secondary N) is 1. The maximum absolute atomic E-state index is 12.0. The molecule has 0 unspecified atom stereocenters. The average Bonchev–Trinajstić information content (AvgIpc) is 3.16. The van der Waals surface area contributed by atoms with Crippen molar-refractivity contribution in [3.63, 3.8) is 0 Å². The fraction of sp³-hybridized carbons (Fsp3) is 0.133. The number of furan rings is 1. The maximum Gasteiger partial charge on any atom is 0.263 e. The molecule has 0 saturated heterocycles. The largest absolute Gasteiger partial charge is 0.472 e. The van der Waals surface area contributed by atoms with Crippen LogP contribution in [-0.2, 0) is 6.54 Å². The van der Waals surface area contributed by atoms with Crippen molar-refractivity contribution in [2.75, 3.05) is 0 Å². The van der Waals surface area contributed by atoms with Gasteiger partial charge in [0.25, 0.3) is 5.91 Å². The van der Waals surface area contributed by atoms with Crippen LogP contribution in [0.1, 0.15) is 20.9 Å². The molecule has 0 aliphatic carbocycles. The summed E-state index contributed by atoms with van der Waals surface area (Å²) in [5.74, 6) is -0.108. The zero-order valence-corrected chi connectivity index (χ0v) is 12.2. The van der Waals surface area contributed by atoms with Gasteiger partial charge in [-0.15, -0.1) is 11.3 Å². The second-order valence-electron chi connectivity index (χ2n) is 4.54. The molecule has 0 aliphatic rings. The fourth-order valence-corrected chi connectivity index (χ4v) is 2.67. The van der Waals surface area contributed by atoms with Gasteiger partial charge in [-0.1, -0.05) is 0 Å². The molecule has 3 aromatic heterocycles. The number of rotatable bonds is 4. The first-order valence-electron chi connectivity index (χ1n) is 6.39. The molecule has 3 heterocycles. The van der Waals surface area contributed by atoms with Crippen LogP contribution in [0, 0.1) is 6.92 Å². The van der Waals surface area contributed by atoms with Crippen LogP contribution in [0.15, 0.2) is 47.0 Å². The van der Waals surface area contributed by atoms with E-state index < -0.39 is 0 Å². The van der Waals surface area contributed by atoms with Gasteiger partial charge in [-0.2, -0.15) is 0 Å². The third kappa shape index (κ3) is 3.00. The van der Waals surface area contributed by atoms with Gasteiger partial charge in [0.05, 0.1) is 23.7 Å². The molecule has 0 spiro atoms. The number of aromatic nitrogens is 2. The molecule has 6 heteroatoms. The van der Waals surface area contributed by atoms with Gasteiger partial charge in [-0.3, -0.25) is 9.78 Å². The van der Waals surface area contributed by atoms with Crippen molar-refractivity contribution in [3.05, 3.63) is 58.7 Å². The summed E-state index contributed by atoms with van der Waals surface area (Å²) < 4.78 is 5.07. The average molecular weight is 299 g/mol. The Morgan fingerprint density at radius 3 is 3.00 bits per heavy atom. The van der Waals surface area contributed by atoms with E-state index in [1.807, 2.05) is 19.1 Å². The predicted octanol–water partition coefficient (Wildman–Crippen LogP) is 3.04. The maximum atomic E-state index is 12.0. The van der Waals surface area contributed by atoms with Crippen LogP contribution in [-0.4, -0.2) is 15.9 Å². The lowest BCUT2D eigenvalue weighted by atomic mass is 10.1. The first-order chi connectivity index (χ1) is 10.2. The third-order valence-electron chi connectivity index (χ3n) is 3.05. The summed E-state index contributed by atoms with van der Waals surface area (Å²) in [7, 11) is 0. The second-order valence-corrected chi connectivity index (χ2v) is 5.40. The number of hydrogen-bond acceptors (Lipinski definition) is 5. The molecule has 0 bridgehead atoms. The number of carbonyl (C=O) groups excluding carboxylic acids is 1. The van der Waals surface area contributed by atoms with E-state index in [2.05, 4.69) is 15.3 Å². The molecule has 5 nitrogen and oxygen atoms in total. The van der Waals surface area contributed by atoms with Gasteiger partial charge in [-0.05, 0) is 24.6 Å². The van der Waals surface area contributed by atoms with Crippen molar-refractivity contribution in [2.24, 2.45) is 0 Å². The lowest BCUT2D eigenvalue weighted by molar-refractivity contribution is 0.0954. The molecule has 3 rings (SSSR count). The minimum absolute atomic E-state index is 0.108. The van der Waals surface area contributed by atoms with E-state index in [0.29, 0.717) is 11.4 Å². The monoisotopic (exact) mass is 299 g/mol. The minimum Gasteiger partial charge on any atom is -0.472 e. The van der Waals surface area contributed by atoms with Crippen molar-refractivity contribution < 1.29 is 9.21 Å². The fourth-order valence-electron chi connectivity index (χ4n) is 1.95. The first kappa shape index (κ1) is 13.5. The van der Waals surface area contributed by atoms with E-state index in [0.717, 1.165) is 22.4 Å². The number of thiazole rings is 1. The zero-order chi connectivity index (χ0) is 14.7. The molecular weight excluding hydrogens is 286 g/mol. The van der Waals surface area contributed by atoms with E-state index in [-0.39, 0.29) is 5.91 Å². The SMILES string of the molecule is Cc1ncsc1C(=O)NCc1cncc(-c2ccoc2)c1. The van der Waals surface area contributed by atoms with Gasteiger partial charge in [0, 0.05) is 30.1 Å².